The Morgan fingerprint density at radius 3 is 2.32 bits per heavy atom. The van der Waals surface area contributed by atoms with Crippen LogP contribution in [0.25, 0.3) is 11.0 Å². The van der Waals surface area contributed by atoms with Gasteiger partial charge in [-0.05, 0) is 11.5 Å². The lowest BCUT2D eigenvalue weighted by molar-refractivity contribution is -0.149. The Labute approximate surface area is 142 Å². The third kappa shape index (κ3) is 3.30. The van der Waals surface area contributed by atoms with Crippen molar-refractivity contribution >= 4 is 28.6 Å². The van der Waals surface area contributed by atoms with E-state index >= 15 is 0 Å². The number of aliphatic carboxylic acids is 1. The maximum atomic E-state index is 12.4. The number of aryl methyl sites for hydroxylation is 1. The molecular formula is C16H20N4O5. The second kappa shape index (κ2) is 6.15. The smallest absolute Gasteiger partial charge is 0.332 e. The SMILES string of the molecule is Cn1c(=O)c2cc(NC(=O)C(C(=O)O)C(C)(C)C)cnc2n(C)c1=O. The zero-order chi connectivity index (χ0) is 19.1. The van der Waals surface area contributed by atoms with Crippen LogP contribution in [0.4, 0.5) is 5.69 Å². The Morgan fingerprint density at radius 2 is 1.80 bits per heavy atom. The molecule has 0 bridgehead atoms. The number of aromatic nitrogens is 3. The highest BCUT2D eigenvalue weighted by atomic mass is 16.4. The molecule has 1 unspecified atom stereocenters. The number of anilines is 1. The van der Waals surface area contributed by atoms with Crippen LogP contribution in [0.15, 0.2) is 21.9 Å². The summed E-state index contributed by atoms with van der Waals surface area (Å²) in [6.45, 7) is 4.95. The fourth-order valence-electron chi connectivity index (χ4n) is 2.62. The van der Waals surface area contributed by atoms with E-state index in [0.717, 1.165) is 4.57 Å². The quantitative estimate of drug-likeness (QED) is 0.770. The van der Waals surface area contributed by atoms with Gasteiger partial charge in [0.1, 0.15) is 11.6 Å². The van der Waals surface area contributed by atoms with E-state index in [0.29, 0.717) is 0 Å². The van der Waals surface area contributed by atoms with E-state index in [2.05, 4.69) is 10.3 Å². The van der Waals surface area contributed by atoms with Crippen LogP contribution in [0.2, 0.25) is 0 Å². The number of rotatable bonds is 3. The summed E-state index contributed by atoms with van der Waals surface area (Å²) < 4.78 is 2.16. The van der Waals surface area contributed by atoms with Gasteiger partial charge in [0.25, 0.3) is 5.56 Å². The molecule has 2 rings (SSSR count). The van der Waals surface area contributed by atoms with Crippen LogP contribution in [-0.2, 0) is 23.7 Å². The Bertz CT molecular complexity index is 981. The topological polar surface area (TPSA) is 123 Å². The Balaban J connectivity index is 2.50. The monoisotopic (exact) mass is 348 g/mol. The number of carboxylic acids is 1. The molecule has 0 spiro atoms. The predicted molar refractivity (Wildman–Crippen MR) is 91.4 cm³/mol. The molecule has 0 radical (unpaired) electrons. The van der Waals surface area contributed by atoms with Crippen molar-refractivity contribution in [2.45, 2.75) is 20.8 Å². The summed E-state index contributed by atoms with van der Waals surface area (Å²) in [5.41, 5.74) is -1.49. The van der Waals surface area contributed by atoms with Crippen molar-refractivity contribution in [3.63, 3.8) is 0 Å². The summed E-state index contributed by atoms with van der Waals surface area (Å²) >= 11 is 0. The minimum atomic E-state index is -1.27. The van der Waals surface area contributed by atoms with Crippen molar-refractivity contribution in [1.29, 1.82) is 0 Å². The van der Waals surface area contributed by atoms with E-state index in [4.69, 9.17) is 0 Å². The Kier molecular flexibility index (Phi) is 4.52. The van der Waals surface area contributed by atoms with Crippen molar-refractivity contribution < 1.29 is 14.7 Å². The van der Waals surface area contributed by atoms with Crippen molar-refractivity contribution in [2.75, 3.05) is 5.32 Å². The minimum Gasteiger partial charge on any atom is -0.481 e. The van der Waals surface area contributed by atoms with Crippen molar-refractivity contribution in [2.24, 2.45) is 25.4 Å². The number of carbonyl (C=O) groups is 2. The van der Waals surface area contributed by atoms with Gasteiger partial charge in [0.2, 0.25) is 5.91 Å². The van der Waals surface area contributed by atoms with Crippen molar-refractivity contribution in [3.05, 3.63) is 33.1 Å². The highest BCUT2D eigenvalue weighted by Gasteiger charge is 2.37. The van der Waals surface area contributed by atoms with Crippen LogP contribution in [-0.4, -0.2) is 31.1 Å². The maximum absolute atomic E-state index is 12.4. The molecule has 134 valence electrons. The second-order valence-corrected chi connectivity index (χ2v) is 6.93. The van der Waals surface area contributed by atoms with E-state index in [1.54, 1.807) is 20.8 Å². The average molecular weight is 348 g/mol. The standard InChI is InChI=1S/C16H20N4O5/c1-16(2,3)10(14(23)24)12(21)18-8-6-9-11(17-7-8)19(4)15(25)20(5)13(9)22/h6-7,10H,1-5H3,(H,18,21)(H,23,24). The van der Waals surface area contributed by atoms with Gasteiger partial charge in [-0.25, -0.2) is 9.78 Å². The van der Waals surface area contributed by atoms with Gasteiger partial charge in [0.05, 0.1) is 17.3 Å². The van der Waals surface area contributed by atoms with Crippen LogP contribution < -0.4 is 16.6 Å². The lowest BCUT2D eigenvalue weighted by atomic mass is 9.80. The molecule has 0 saturated heterocycles. The van der Waals surface area contributed by atoms with Gasteiger partial charge in [0.15, 0.2) is 0 Å². The van der Waals surface area contributed by atoms with Gasteiger partial charge in [-0.2, -0.15) is 0 Å². The van der Waals surface area contributed by atoms with Crippen LogP contribution in [0.3, 0.4) is 0 Å². The third-order valence-corrected chi connectivity index (χ3v) is 3.94. The lowest BCUT2D eigenvalue weighted by Gasteiger charge is -2.25. The van der Waals surface area contributed by atoms with Gasteiger partial charge in [0, 0.05) is 14.1 Å². The van der Waals surface area contributed by atoms with Gasteiger partial charge < -0.3 is 10.4 Å². The number of carboxylic acid groups (broad SMARTS) is 1. The van der Waals surface area contributed by atoms with Crippen molar-refractivity contribution in [3.8, 4) is 0 Å². The van der Waals surface area contributed by atoms with Crippen LogP contribution in [0.1, 0.15) is 20.8 Å². The van der Waals surface area contributed by atoms with Crippen LogP contribution >= 0.6 is 0 Å². The molecule has 9 heteroatoms. The minimum absolute atomic E-state index is 0.144. The summed E-state index contributed by atoms with van der Waals surface area (Å²) in [4.78, 5) is 51.9. The first-order valence-corrected chi connectivity index (χ1v) is 7.54. The molecule has 0 aromatic carbocycles. The number of pyridine rings is 1. The summed E-state index contributed by atoms with van der Waals surface area (Å²) in [5, 5.41) is 11.9. The van der Waals surface area contributed by atoms with Gasteiger partial charge in [-0.3, -0.25) is 23.5 Å². The molecule has 2 N–H and O–H groups in total. The number of nitrogens with one attached hydrogen (secondary N) is 1. The Hall–Kier alpha value is -2.97. The van der Waals surface area contributed by atoms with E-state index in [1.807, 2.05) is 0 Å². The van der Waals surface area contributed by atoms with E-state index in [9.17, 15) is 24.3 Å². The van der Waals surface area contributed by atoms with Gasteiger partial charge >= 0.3 is 11.7 Å². The summed E-state index contributed by atoms with van der Waals surface area (Å²) in [7, 11) is 2.82. The zero-order valence-electron chi connectivity index (χ0n) is 14.7. The third-order valence-electron chi connectivity index (χ3n) is 3.94. The molecule has 1 amide bonds. The molecule has 0 fully saturated rings. The number of hydrogen-bond donors (Lipinski definition) is 2. The molecule has 2 aromatic rings. The lowest BCUT2D eigenvalue weighted by Crippen LogP contribution is -2.39. The molecule has 0 aliphatic carbocycles. The summed E-state index contributed by atoms with van der Waals surface area (Å²) in [6, 6.07) is 1.38. The number of carbonyl (C=O) groups excluding carboxylic acids is 1. The Morgan fingerprint density at radius 1 is 1.20 bits per heavy atom. The van der Waals surface area contributed by atoms with E-state index in [1.165, 1.54) is 30.9 Å². The van der Waals surface area contributed by atoms with Crippen LogP contribution in [0, 0.1) is 11.3 Å². The number of fused-ring (bicyclic) bond motifs is 1. The summed E-state index contributed by atoms with van der Waals surface area (Å²) in [6.07, 6.45) is 1.28. The molecule has 0 saturated carbocycles. The van der Waals surface area contributed by atoms with Gasteiger partial charge in [-0.1, -0.05) is 20.8 Å². The zero-order valence-corrected chi connectivity index (χ0v) is 14.7. The first kappa shape index (κ1) is 18.4. The molecule has 2 aromatic heterocycles. The summed E-state index contributed by atoms with van der Waals surface area (Å²) in [5.74, 6) is -3.22. The largest absolute Gasteiger partial charge is 0.481 e. The first-order valence-electron chi connectivity index (χ1n) is 7.54. The van der Waals surface area contributed by atoms with Crippen molar-refractivity contribution in [1.82, 2.24) is 14.1 Å². The fourth-order valence-corrected chi connectivity index (χ4v) is 2.62. The highest BCUT2D eigenvalue weighted by Crippen LogP contribution is 2.27. The molecule has 25 heavy (non-hydrogen) atoms. The normalized spacial score (nSPS) is 12.8. The number of nitrogens with zero attached hydrogens (tertiary/aromatic N) is 3. The number of hydrogen-bond acceptors (Lipinski definition) is 5. The highest BCUT2D eigenvalue weighted by molar-refractivity contribution is 6.05. The average Bonchev–Trinajstić information content (AvgIpc) is 2.48. The molecule has 1 atom stereocenters. The molecule has 2 heterocycles. The van der Waals surface area contributed by atoms with Crippen LogP contribution in [0.5, 0.6) is 0 Å². The number of amides is 1. The maximum Gasteiger partial charge on any atom is 0.332 e. The second-order valence-electron chi connectivity index (χ2n) is 6.93. The van der Waals surface area contributed by atoms with E-state index in [-0.39, 0.29) is 16.7 Å². The van der Waals surface area contributed by atoms with Gasteiger partial charge in [-0.15, -0.1) is 0 Å². The molecule has 0 aliphatic heterocycles. The molecule has 9 nitrogen and oxygen atoms in total. The molecular weight excluding hydrogens is 328 g/mol. The predicted octanol–water partition coefficient (Wildman–Crippen LogP) is 0.318. The molecule has 0 aliphatic rings. The van der Waals surface area contributed by atoms with E-state index < -0.39 is 34.5 Å². The first-order chi connectivity index (χ1) is 11.4. The fraction of sp³-hybridized carbons (Fsp3) is 0.438.